The highest BCUT2D eigenvalue weighted by molar-refractivity contribution is 5.92. The third-order valence-electron chi connectivity index (χ3n) is 4.07. The second-order valence-corrected chi connectivity index (χ2v) is 6.22. The number of esters is 1. The SMILES string of the molecule is COC(=O)c1cccc(NC2CCC(C)(C)C2)c1C. The minimum atomic E-state index is -0.270. The first-order chi connectivity index (χ1) is 8.93. The van der Waals surface area contributed by atoms with Crippen LogP contribution in [0.4, 0.5) is 5.69 Å². The van der Waals surface area contributed by atoms with Crippen molar-refractivity contribution in [3.63, 3.8) is 0 Å². The fourth-order valence-corrected chi connectivity index (χ4v) is 2.90. The van der Waals surface area contributed by atoms with E-state index >= 15 is 0 Å². The standard InChI is InChI=1S/C16H23NO2/c1-11-13(15(18)19-4)6-5-7-14(11)17-12-8-9-16(2,3)10-12/h5-7,12,17H,8-10H2,1-4H3. The van der Waals surface area contributed by atoms with Crippen LogP contribution in [0.15, 0.2) is 18.2 Å². The van der Waals surface area contributed by atoms with E-state index < -0.39 is 0 Å². The fourth-order valence-electron chi connectivity index (χ4n) is 2.90. The van der Waals surface area contributed by atoms with Crippen molar-refractivity contribution >= 4 is 11.7 Å². The van der Waals surface area contributed by atoms with Gasteiger partial charge in [0.05, 0.1) is 12.7 Å². The van der Waals surface area contributed by atoms with Gasteiger partial charge in [0, 0.05) is 11.7 Å². The van der Waals surface area contributed by atoms with Gasteiger partial charge in [0.1, 0.15) is 0 Å². The Labute approximate surface area is 115 Å². The van der Waals surface area contributed by atoms with Crippen molar-refractivity contribution in [2.75, 3.05) is 12.4 Å². The molecule has 0 saturated heterocycles. The van der Waals surface area contributed by atoms with Crippen LogP contribution < -0.4 is 5.32 Å². The summed E-state index contributed by atoms with van der Waals surface area (Å²) in [5, 5.41) is 3.58. The van der Waals surface area contributed by atoms with Gasteiger partial charge in [0.25, 0.3) is 0 Å². The van der Waals surface area contributed by atoms with E-state index in [1.54, 1.807) is 0 Å². The summed E-state index contributed by atoms with van der Waals surface area (Å²) in [4.78, 5) is 11.7. The highest BCUT2D eigenvalue weighted by Gasteiger charge is 2.31. The lowest BCUT2D eigenvalue weighted by atomic mass is 9.92. The molecular weight excluding hydrogens is 238 g/mol. The molecule has 104 valence electrons. The summed E-state index contributed by atoms with van der Waals surface area (Å²) in [5.74, 6) is -0.270. The molecule has 0 radical (unpaired) electrons. The third-order valence-corrected chi connectivity index (χ3v) is 4.07. The second-order valence-electron chi connectivity index (χ2n) is 6.22. The molecule has 1 aromatic carbocycles. The smallest absolute Gasteiger partial charge is 0.338 e. The molecule has 0 aromatic heterocycles. The molecule has 1 atom stereocenters. The predicted molar refractivity (Wildman–Crippen MR) is 77.6 cm³/mol. The molecule has 1 aliphatic rings. The van der Waals surface area contributed by atoms with Crippen LogP contribution in [0.1, 0.15) is 49.0 Å². The Bertz CT molecular complexity index is 480. The first-order valence-electron chi connectivity index (χ1n) is 6.87. The summed E-state index contributed by atoms with van der Waals surface area (Å²) in [6.07, 6.45) is 3.62. The lowest BCUT2D eigenvalue weighted by molar-refractivity contribution is 0.0600. The Kier molecular flexibility index (Phi) is 3.83. The maximum absolute atomic E-state index is 11.7. The summed E-state index contributed by atoms with van der Waals surface area (Å²) in [6.45, 7) is 6.59. The first-order valence-corrected chi connectivity index (χ1v) is 6.87. The van der Waals surface area contributed by atoms with Crippen LogP contribution in [-0.2, 0) is 4.74 Å². The van der Waals surface area contributed by atoms with E-state index in [1.165, 1.54) is 26.4 Å². The molecule has 1 N–H and O–H groups in total. The van der Waals surface area contributed by atoms with Gasteiger partial charge in [-0.1, -0.05) is 19.9 Å². The number of carbonyl (C=O) groups is 1. The van der Waals surface area contributed by atoms with Gasteiger partial charge in [-0.2, -0.15) is 0 Å². The molecule has 0 heterocycles. The van der Waals surface area contributed by atoms with Gasteiger partial charge < -0.3 is 10.1 Å². The molecule has 0 amide bonds. The van der Waals surface area contributed by atoms with Crippen molar-refractivity contribution in [3.8, 4) is 0 Å². The number of ether oxygens (including phenoxy) is 1. The average molecular weight is 261 g/mol. The number of methoxy groups -OCH3 is 1. The minimum absolute atomic E-state index is 0.270. The zero-order chi connectivity index (χ0) is 14.0. The number of rotatable bonds is 3. The van der Waals surface area contributed by atoms with E-state index in [9.17, 15) is 4.79 Å². The van der Waals surface area contributed by atoms with E-state index in [-0.39, 0.29) is 5.97 Å². The summed E-state index contributed by atoms with van der Waals surface area (Å²) in [5.41, 5.74) is 3.08. The lowest BCUT2D eigenvalue weighted by Gasteiger charge is -2.20. The molecule has 1 fully saturated rings. The molecule has 0 bridgehead atoms. The fraction of sp³-hybridized carbons (Fsp3) is 0.562. The van der Waals surface area contributed by atoms with Crippen molar-refractivity contribution in [2.24, 2.45) is 5.41 Å². The van der Waals surface area contributed by atoms with Crippen LogP contribution in [0.3, 0.4) is 0 Å². The maximum Gasteiger partial charge on any atom is 0.338 e. The Morgan fingerprint density at radius 2 is 2.16 bits per heavy atom. The molecule has 2 rings (SSSR count). The van der Waals surface area contributed by atoms with E-state index in [1.807, 2.05) is 25.1 Å². The maximum atomic E-state index is 11.7. The summed E-state index contributed by atoms with van der Waals surface area (Å²) in [6, 6.07) is 6.25. The highest BCUT2D eigenvalue weighted by atomic mass is 16.5. The number of benzene rings is 1. The van der Waals surface area contributed by atoms with E-state index in [2.05, 4.69) is 19.2 Å². The van der Waals surface area contributed by atoms with Crippen LogP contribution in [-0.4, -0.2) is 19.1 Å². The van der Waals surface area contributed by atoms with Crippen LogP contribution in [0.5, 0.6) is 0 Å². The number of anilines is 1. The molecule has 3 heteroatoms. The van der Waals surface area contributed by atoms with E-state index in [4.69, 9.17) is 4.74 Å². The quantitative estimate of drug-likeness (QED) is 0.842. The van der Waals surface area contributed by atoms with Gasteiger partial charge >= 0.3 is 5.97 Å². The lowest BCUT2D eigenvalue weighted by Crippen LogP contribution is -2.19. The Morgan fingerprint density at radius 1 is 1.42 bits per heavy atom. The van der Waals surface area contributed by atoms with Crippen molar-refractivity contribution in [2.45, 2.75) is 46.1 Å². The van der Waals surface area contributed by atoms with E-state index in [0.717, 1.165) is 11.3 Å². The van der Waals surface area contributed by atoms with Crippen LogP contribution in [0, 0.1) is 12.3 Å². The Balaban J connectivity index is 2.15. The molecular formula is C16H23NO2. The zero-order valence-electron chi connectivity index (χ0n) is 12.2. The zero-order valence-corrected chi connectivity index (χ0v) is 12.2. The average Bonchev–Trinajstić information content (AvgIpc) is 2.70. The minimum Gasteiger partial charge on any atom is -0.465 e. The van der Waals surface area contributed by atoms with Gasteiger partial charge in [-0.3, -0.25) is 0 Å². The van der Waals surface area contributed by atoms with Crippen molar-refractivity contribution in [3.05, 3.63) is 29.3 Å². The topological polar surface area (TPSA) is 38.3 Å². The van der Waals surface area contributed by atoms with Crippen molar-refractivity contribution in [1.82, 2.24) is 0 Å². The van der Waals surface area contributed by atoms with Gasteiger partial charge in [0.15, 0.2) is 0 Å². The molecule has 1 unspecified atom stereocenters. The molecule has 0 aliphatic heterocycles. The Hall–Kier alpha value is -1.51. The summed E-state index contributed by atoms with van der Waals surface area (Å²) in [7, 11) is 1.42. The van der Waals surface area contributed by atoms with Gasteiger partial charge in [-0.05, 0) is 49.3 Å². The van der Waals surface area contributed by atoms with Crippen LogP contribution in [0.2, 0.25) is 0 Å². The number of hydrogen-bond donors (Lipinski definition) is 1. The van der Waals surface area contributed by atoms with Crippen molar-refractivity contribution < 1.29 is 9.53 Å². The van der Waals surface area contributed by atoms with Gasteiger partial charge in [-0.25, -0.2) is 4.79 Å². The number of carbonyl (C=O) groups excluding carboxylic acids is 1. The third kappa shape index (κ3) is 3.09. The van der Waals surface area contributed by atoms with Crippen LogP contribution >= 0.6 is 0 Å². The summed E-state index contributed by atoms with van der Waals surface area (Å²) >= 11 is 0. The highest BCUT2D eigenvalue weighted by Crippen LogP contribution is 2.38. The number of hydrogen-bond acceptors (Lipinski definition) is 3. The first kappa shape index (κ1) is 13.9. The van der Waals surface area contributed by atoms with Crippen molar-refractivity contribution in [1.29, 1.82) is 0 Å². The molecule has 1 aromatic rings. The van der Waals surface area contributed by atoms with Crippen LogP contribution in [0.25, 0.3) is 0 Å². The second kappa shape index (κ2) is 5.24. The molecule has 1 aliphatic carbocycles. The molecule has 1 saturated carbocycles. The van der Waals surface area contributed by atoms with Gasteiger partial charge in [0.2, 0.25) is 0 Å². The summed E-state index contributed by atoms with van der Waals surface area (Å²) < 4.78 is 4.81. The molecule has 0 spiro atoms. The van der Waals surface area contributed by atoms with E-state index in [0.29, 0.717) is 17.0 Å². The molecule has 19 heavy (non-hydrogen) atoms. The number of nitrogens with one attached hydrogen (secondary N) is 1. The molecule has 3 nitrogen and oxygen atoms in total. The van der Waals surface area contributed by atoms with Gasteiger partial charge in [-0.15, -0.1) is 0 Å². The largest absolute Gasteiger partial charge is 0.465 e. The normalized spacial score (nSPS) is 21.2. The monoisotopic (exact) mass is 261 g/mol. The Morgan fingerprint density at radius 3 is 2.74 bits per heavy atom. The predicted octanol–water partition coefficient (Wildman–Crippen LogP) is 3.77.